The molecule has 4 nitrogen and oxygen atoms in total. The second kappa shape index (κ2) is 9.56. The minimum atomic E-state index is 0.743. The quantitative estimate of drug-likeness (QED) is 0.654. The summed E-state index contributed by atoms with van der Waals surface area (Å²) in [5, 5.41) is 3.36. The van der Waals surface area contributed by atoms with Gasteiger partial charge in [0.2, 0.25) is 5.88 Å². The fourth-order valence-corrected chi connectivity index (χ4v) is 1.95. The van der Waals surface area contributed by atoms with E-state index in [1.807, 2.05) is 6.92 Å². The monoisotopic (exact) mass is 279 g/mol. The van der Waals surface area contributed by atoms with Gasteiger partial charge in [-0.2, -0.15) is 4.98 Å². The van der Waals surface area contributed by atoms with Crippen LogP contribution in [0.1, 0.15) is 64.3 Å². The number of anilines is 1. The molecule has 0 saturated carbocycles. The number of aromatic nitrogens is 2. The Morgan fingerprint density at radius 2 is 1.80 bits per heavy atom. The van der Waals surface area contributed by atoms with Crippen LogP contribution in [0.15, 0.2) is 0 Å². The summed E-state index contributed by atoms with van der Waals surface area (Å²) in [7, 11) is 0. The zero-order chi connectivity index (χ0) is 14.8. The van der Waals surface area contributed by atoms with E-state index in [0.29, 0.717) is 0 Å². The van der Waals surface area contributed by atoms with Crippen LogP contribution in [0.2, 0.25) is 0 Å². The standard InChI is InChI=1S/C16H29N3O/c1-5-8-9-10-12-20-16-13(4)15(17-11-6-2)18-14(7-3)19-16/h5-12H2,1-4H3,(H,17,18,19). The highest BCUT2D eigenvalue weighted by Gasteiger charge is 2.10. The molecule has 0 bridgehead atoms. The van der Waals surface area contributed by atoms with Gasteiger partial charge < -0.3 is 10.1 Å². The van der Waals surface area contributed by atoms with Crippen molar-refractivity contribution in [3.8, 4) is 5.88 Å². The van der Waals surface area contributed by atoms with Crippen molar-refractivity contribution >= 4 is 5.82 Å². The van der Waals surface area contributed by atoms with Crippen molar-refractivity contribution in [2.45, 2.75) is 66.2 Å². The van der Waals surface area contributed by atoms with Crippen LogP contribution in [0.3, 0.4) is 0 Å². The zero-order valence-corrected chi connectivity index (χ0v) is 13.5. The Morgan fingerprint density at radius 3 is 2.45 bits per heavy atom. The highest BCUT2D eigenvalue weighted by molar-refractivity contribution is 5.48. The summed E-state index contributed by atoms with van der Waals surface area (Å²) in [5.41, 5.74) is 1.02. The smallest absolute Gasteiger partial charge is 0.221 e. The molecule has 1 rings (SSSR count). The first kappa shape index (κ1) is 16.7. The van der Waals surface area contributed by atoms with Gasteiger partial charge in [-0.05, 0) is 19.8 Å². The van der Waals surface area contributed by atoms with Crippen molar-refractivity contribution in [3.63, 3.8) is 0 Å². The molecule has 0 aromatic carbocycles. The molecule has 1 aromatic heterocycles. The number of nitrogens with zero attached hydrogens (tertiary/aromatic N) is 2. The van der Waals surface area contributed by atoms with Crippen molar-refractivity contribution in [2.24, 2.45) is 0 Å². The molecule has 0 aliphatic rings. The summed E-state index contributed by atoms with van der Waals surface area (Å²) in [6, 6.07) is 0. The number of unbranched alkanes of at least 4 members (excludes halogenated alkanes) is 3. The molecule has 0 saturated heterocycles. The third-order valence-corrected chi connectivity index (χ3v) is 3.24. The third kappa shape index (κ3) is 5.35. The number of nitrogens with one attached hydrogen (secondary N) is 1. The molecule has 1 heterocycles. The van der Waals surface area contributed by atoms with Gasteiger partial charge in [0.15, 0.2) is 0 Å². The number of hydrogen-bond donors (Lipinski definition) is 1. The minimum Gasteiger partial charge on any atom is -0.477 e. The average Bonchev–Trinajstić information content (AvgIpc) is 2.47. The fraction of sp³-hybridized carbons (Fsp3) is 0.750. The van der Waals surface area contributed by atoms with Crippen LogP contribution in [0.4, 0.5) is 5.82 Å². The van der Waals surface area contributed by atoms with Gasteiger partial charge >= 0.3 is 0 Å². The lowest BCUT2D eigenvalue weighted by molar-refractivity contribution is 0.290. The van der Waals surface area contributed by atoms with E-state index in [1.165, 1.54) is 19.3 Å². The van der Waals surface area contributed by atoms with Gasteiger partial charge in [-0.15, -0.1) is 0 Å². The van der Waals surface area contributed by atoms with Gasteiger partial charge in [0.25, 0.3) is 0 Å². The fourth-order valence-electron chi connectivity index (χ4n) is 1.95. The second-order valence-electron chi connectivity index (χ2n) is 5.11. The molecule has 0 fully saturated rings. The average molecular weight is 279 g/mol. The second-order valence-corrected chi connectivity index (χ2v) is 5.11. The molecule has 0 unspecified atom stereocenters. The molecular weight excluding hydrogens is 250 g/mol. The molecule has 0 atom stereocenters. The van der Waals surface area contributed by atoms with Gasteiger partial charge in [-0.1, -0.05) is 40.0 Å². The summed E-state index contributed by atoms with van der Waals surface area (Å²) < 4.78 is 5.86. The molecule has 0 aliphatic heterocycles. The van der Waals surface area contributed by atoms with Crippen LogP contribution in [-0.4, -0.2) is 23.1 Å². The summed E-state index contributed by atoms with van der Waals surface area (Å²) in [6.45, 7) is 10.1. The van der Waals surface area contributed by atoms with E-state index < -0.39 is 0 Å². The van der Waals surface area contributed by atoms with Gasteiger partial charge in [0.1, 0.15) is 11.6 Å². The molecule has 20 heavy (non-hydrogen) atoms. The largest absolute Gasteiger partial charge is 0.477 e. The first-order chi connectivity index (χ1) is 9.72. The number of aryl methyl sites for hydroxylation is 1. The normalized spacial score (nSPS) is 10.6. The van der Waals surface area contributed by atoms with E-state index in [-0.39, 0.29) is 0 Å². The van der Waals surface area contributed by atoms with E-state index in [2.05, 4.69) is 36.1 Å². The summed E-state index contributed by atoms with van der Waals surface area (Å²) >= 11 is 0. The Bertz CT molecular complexity index is 394. The lowest BCUT2D eigenvalue weighted by Crippen LogP contribution is -2.10. The molecule has 4 heteroatoms. The highest BCUT2D eigenvalue weighted by Crippen LogP contribution is 2.22. The number of hydrogen-bond acceptors (Lipinski definition) is 4. The van der Waals surface area contributed by atoms with Crippen LogP contribution in [-0.2, 0) is 6.42 Å². The van der Waals surface area contributed by atoms with Crippen LogP contribution < -0.4 is 10.1 Å². The summed E-state index contributed by atoms with van der Waals surface area (Å²) in [4.78, 5) is 9.05. The Balaban J connectivity index is 2.67. The van der Waals surface area contributed by atoms with Crippen molar-refractivity contribution in [3.05, 3.63) is 11.4 Å². The van der Waals surface area contributed by atoms with Crippen molar-refractivity contribution in [2.75, 3.05) is 18.5 Å². The number of ether oxygens (including phenoxy) is 1. The lowest BCUT2D eigenvalue weighted by atomic mass is 10.2. The van der Waals surface area contributed by atoms with E-state index >= 15 is 0 Å². The molecular formula is C16H29N3O. The number of rotatable bonds is 10. The highest BCUT2D eigenvalue weighted by atomic mass is 16.5. The molecule has 0 spiro atoms. The molecule has 1 aromatic rings. The predicted octanol–water partition coefficient (Wildman–Crippen LogP) is 4.13. The van der Waals surface area contributed by atoms with Crippen molar-refractivity contribution in [1.82, 2.24) is 9.97 Å². The molecule has 0 amide bonds. The van der Waals surface area contributed by atoms with Gasteiger partial charge in [-0.25, -0.2) is 4.98 Å². The zero-order valence-electron chi connectivity index (χ0n) is 13.5. The molecule has 0 radical (unpaired) electrons. The van der Waals surface area contributed by atoms with E-state index in [9.17, 15) is 0 Å². The van der Waals surface area contributed by atoms with Crippen LogP contribution in [0, 0.1) is 6.92 Å². The summed E-state index contributed by atoms with van der Waals surface area (Å²) in [5.74, 6) is 2.51. The SMILES string of the molecule is CCCCCCOc1nc(CC)nc(NCCC)c1C. The Hall–Kier alpha value is -1.32. The van der Waals surface area contributed by atoms with Crippen molar-refractivity contribution < 1.29 is 4.74 Å². The summed E-state index contributed by atoms with van der Waals surface area (Å²) in [6.07, 6.45) is 6.75. The Morgan fingerprint density at radius 1 is 1.00 bits per heavy atom. The first-order valence-electron chi connectivity index (χ1n) is 7.97. The van der Waals surface area contributed by atoms with Crippen molar-refractivity contribution in [1.29, 1.82) is 0 Å². The van der Waals surface area contributed by atoms with Crippen LogP contribution in [0.25, 0.3) is 0 Å². The molecule has 1 N–H and O–H groups in total. The topological polar surface area (TPSA) is 47.0 Å². The maximum absolute atomic E-state index is 5.86. The molecule has 114 valence electrons. The first-order valence-corrected chi connectivity index (χ1v) is 7.97. The molecule has 0 aliphatic carbocycles. The van der Waals surface area contributed by atoms with Gasteiger partial charge in [0, 0.05) is 13.0 Å². The maximum Gasteiger partial charge on any atom is 0.221 e. The van der Waals surface area contributed by atoms with Gasteiger partial charge in [-0.3, -0.25) is 0 Å². The minimum absolute atomic E-state index is 0.743. The van der Waals surface area contributed by atoms with Gasteiger partial charge in [0.05, 0.1) is 12.2 Å². The Kier molecular flexibility index (Phi) is 8.00. The Labute approximate surface area is 123 Å². The lowest BCUT2D eigenvalue weighted by Gasteiger charge is -2.14. The predicted molar refractivity (Wildman–Crippen MR) is 84.6 cm³/mol. The van der Waals surface area contributed by atoms with E-state index in [0.717, 1.165) is 55.5 Å². The third-order valence-electron chi connectivity index (χ3n) is 3.24. The van der Waals surface area contributed by atoms with Crippen LogP contribution >= 0.6 is 0 Å². The maximum atomic E-state index is 5.86. The van der Waals surface area contributed by atoms with E-state index in [4.69, 9.17) is 4.74 Å². The van der Waals surface area contributed by atoms with E-state index in [1.54, 1.807) is 0 Å². The van der Waals surface area contributed by atoms with Crippen LogP contribution in [0.5, 0.6) is 5.88 Å².